The van der Waals surface area contributed by atoms with Crippen molar-refractivity contribution in [3.05, 3.63) is 29.8 Å². The van der Waals surface area contributed by atoms with Crippen LogP contribution in [0.5, 0.6) is 0 Å². The summed E-state index contributed by atoms with van der Waals surface area (Å²) in [6.07, 6.45) is 2.47. The molecule has 0 radical (unpaired) electrons. The van der Waals surface area contributed by atoms with Crippen molar-refractivity contribution in [1.29, 1.82) is 0 Å². The molecular formula is C13H18ClNO3S. The highest BCUT2D eigenvalue weighted by atomic mass is 35.5. The van der Waals surface area contributed by atoms with Gasteiger partial charge in [0.1, 0.15) is 0 Å². The monoisotopic (exact) mass is 303 g/mol. The molecule has 0 aliphatic heterocycles. The summed E-state index contributed by atoms with van der Waals surface area (Å²) in [5.74, 6) is 1.07. The van der Waals surface area contributed by atoms with Gasteiger partial charge in [-0.15, -0.1) is 11.6 Å². The Balaban J connectivity index is 1.78. The van der Waals surface area contributed by atoms with E-state index in [-0.39, 0.29) is 4.90 Å². The van der Waals surface area contributed by atoms with Crippen molar-refractivity contribution in [2.45, 2.75) is 23.6 Å². The lowest BCUT2D eigenvalue weighted by Gasteiger charge is -2.07. The molecule has 106 valence electrons. The van der Waals surface area contributed by atoms with Crippen molar-refractivity contribution < 1.29 is 13.2 Å². The lowest BCUT2D eigenvalue weighted by atomic mass is 10.2. The molecule has 1 N–H and O–H groups in total. The average molecular weight is 304 g/mol. The van der Waals surface area contributed by atoms with Crippen molar-refractivity contribution in [1.82, 2.24) is 4.72 Å². The molecule has 0 unspecified atom stereocenters. The van der Waals surface area contributed by atoms with E-state index in [0.29, 0.717) is 24.9 Å². The largest absolute Gasteiger partial charge is 0.380 e. The van der Waals surface area contributed by atoms with Gasteiger partial charge < -0.3 is 4.74 Å². The Kier molecular flexibility index (Phi) is 5.21. The fourth-order valence-electron chi connectivity index (χ4n) is 1.62. The van der Waals surface area contributed by atoms with E-state index in [9.17, 15) is 8.42 Å². The Morgan fingerprint density at radius 3 is 2.53 bits per heavy atom. The van der Waals surface area contributed by atoms with Crippen LogP contribution in [0.3, 0.4) is 0 Å². The Bertz CT molecular complexity index is 497. The van der Waals surface area contributed by atoms with Crippen LogP contribution in [0.2, 0.25) is 0 Å². The molecule has 0 spiro atoms. The van der Waals surface area contributed by atoms with E-state index in [2.05, 4.69) is 4.72 Å². The number of ether oxygens (including phenoxy) is 1. The van der Waals surface area contributed by atoms with Gasteiger partial charge in [-0.25, -0.2) is 13.1 Å². The number of sulfonamides is 1. The highest BCUT2D eigenvalue weighted by Gasteiger charge is 2.21. The second kappa shape index (κ2) is 6.70. The number of nitrogens with one attached hydrogen (secondary N) is 1. The molecule has 6 heteroatoms. The Morgan fingerprint density at radius 2 is 1.95 bits per heavy atom. The quantitative estimate of drug-likeness (QED) is 0.591. The summed E-state index contributed by atoms with van der Waals surface area (Å²) in [6, 6.07) is 6.55. The molecule has 1 aliphatic carbocycles. The van der Waals surface area contributed by atoms with Crippen LogP contribution in [-0.2, 0) is 20.6 Å². The Labute approximate surface area is 119 Å². The number of benzene rings is 1. The molecule has 0 aromatic heterocycles. The van der Waals surface area contributed by atoms with Crippen molar-refractivity contribution in [2.24, 2.45) is 5.92 Å². The second-order valence-corrected chi connectivity index (χ2v) is 6.73. The van der Waals surface area contributed by atoms with Gasteiger partial charge in [-0.05, 0) is 36.5 Å². The van der Waals surface area contributed by atoms with E-state index < -0.39 is 10.0 Å². The maximum absolute atomic E-state index is 11.9. The van der Waals surface area contributed by atoms with Gasteiger partial charge in [0.25, 0.3) is 0 Å². The molecule has 2 rings (SSSR count). The third-order valence-electron chi connectivity index (χ3n) is 2.98. The number of rotatable bonds is 8. The highest BCUT2D eigenvalue weighted by molar-refractivity contribution is 7.89. The van der Waals surface area contributed by atoms with Gasteiger partial charge in [0.2, 0.25) is 10.0 Å². The maximum atomic E-state index is 11.9. The molecule has 19 heavy (non-hydrogen) atoms. The van der Waals surface area contributed by atoms with E-state index in [4.69, 9.17) is 16.3 Å². The molecule has 0 bridgehead atoms. The first-order valence-electron chi connectivity index (χ1n) is 6.34. The normalized spacial score (nSPS) is 15.6. The van der Waals surface area contributed by atoms with Crippen molar-refractivity contribution in [3.63, 3.8) is 0 Å². The summed E-state index contributed by atoms with van der Waals surface area (Å²) in [4.78, 5) is 0.253. The minimum Gasteiger partial charge on any atom is -0.380 e. The summed E-state index contributed by atoms with van der Waals surface area (Å²) >= 11 is 5.66. The second-order valence-electron chi connectivity index (χ2n) is 4.69. The molecule has 1 fully saturated rings. The first kappa shape index (κ1) is 14.8. The predicted molar refractivity (Wildman–Crippen MR) is 74.7 cm³/mol. The van der Waals surface area contributed by atoms with Gasteiger partial charge >= 0.3 is 0 Å². The third-order valence-corrected chi connectivity index (χ3v) is 4.76. The van der Waals surface area contributed by atoms with Crippen LogP contribution in [0, 0.1) is 5.92 Å². The molecule has 0 atom stereocenters. The van der Waals surface area contributed by atoms with Crippen LogP contribution in [0.25, 0.3) is 0 Å². The maximum Gasteiger partial charge on any atom is 0.240 e. The first-order valence-corrected chi connectivity index (χ1v) is 8.36. The van der Waals surface area contributed by atoms with Gasteiger partial charge in [-0.1, -0.05) is 12.1 Å². The van der Waals surface area contributed by atoms with Gasteiger partial charge in [0, 0.05) is 19.0 Å². The van der Waals surface area contributed by atoms with E-state index in [1.54, 1.807) is 24.3 Å². The highest BCUT2D eigenvalue weighted by Crippen LogP contribution is 2.28. The molecule has 1 aromatic rings. The standard InChI is InChI=1S/C13H18ClNO3S/c14-9-11-3-5-13(6-4-11)19(16,17)15-7-8-18-10-12-1-2-12/h3-6,12,15H,1-2,7-10H2. The van der Waals surface area contributed by atoms with E-state index >= 15 is 0 Å². The molecular weight excluding hydrogens is 286 g/mol. The summed E-state index contributed by atoms with van der Waals surface area (Å²) < 4.78 is 31.8. The topological polar surface area (TPSA) is 55.4 Å². The van der Waals surface area contributed by atoms with E-state index in [1.165, 1.54) is 12.8 Å². The smallest absolute Gasteiger partial charge is 0.240 e. The summed E-state index contributed by atoms with van der Waals surface area (Å²) in [5.41, 5.74) is 0.897. The average Bonchev–Trinajstić information content (AvgIpc) is 3.22. The molecule has 0 amide bonds. The van der Waals surface area contributed by atoms with Crippen molar-refractivity contribution >= 4 is 21.6 Å². The zero-order chi connectivity index (χ0) is 13.7. The molecule has 0 saturated heterocycles. The summed E-state index contributed by atoms with van der Waals surface area (Å²) in [6.45, 7) is 1.45. The first-order chi connectivity index (χ1) is 9.12. The number of alkyl halides is 1. The minimum absolute atomic E-state index is 0.253. The van der Waals surface area contributed by atoms with Gasteiger partial charge in [-0.3, -0.25) is 0 Å². The SMILES string of the molecule is O=S(=O)(NCCOCC1CC1)c1ccc(CCl)cc1. The summed E-state index contributed by atoms with van der Waals surface area (Å²) in [7, 11) is -3.44. The molecule has 1 aromatic carbocycles. The molecule has 1 aliphatic rings. The van der Waals surface area contributed by atoms with Gasteiger partial charge in [0.05, 0.1) is 11.5 Å². The van der Waals surface area contributed by atoms with Crippen molar-refractivity contribution in [3.8, 4) is 0 Å². The van der Waals surface area contributed by atoms with Gasteiger partial charge in [-0.2, -0.15) is 0 Å². The van der Waals surface area contributed by atoms with Crippen LogP contribution in [-0.4, -0.2) is 28.2 Å². The van der Waals surface area contributed by atoms with E-state index in [1.807, 2.05) is 0 Å². The summed E-state index contributed by atoms with van der Waals surface area (Å²) in [5, 5.41) is 0. The molecule has 4 nitrogen and oxygen atoms in total. The zero-order valence-corrected chi connectivity index (χ0v) is 12.2. The van der Waals surface area contributed by atoms with Crippen LogP contribution in [0.1, 0.15) is 18.4 Å². The minimum atomic E-state index is -3.44. The predicted octanol–water partition coefficient (Wildman–Crippen LogP) is 2.13. The zero-order valence-electron chi connectivity index (χ0n) is 10.6. The fourth-order valence-corrected chi connectivity index (χ4v) is 2.82. The van der Waals surface area contributed by atoms with Crippen LogP contribution >= 0.6 is 11.6 Å². The fraction of sp³-hybridized carbons (Fsp3) is 0.538. The van der Waals surface area contributed by atoms with Crippen molar-refractivity contribution in [2.75, 3.05) is 19.8 Å². The van der Waals surface area contributed by atoms with Crippen LogP contribution in [0.15, 0.2) is 29.2 Å². The van der Waals surface area contributed by atoms with Gasteiger partial charge in [0.15, 0.2) is 0 Å². The molecule has 1 saturated carbocycles. The molecule has 0 heterocycles. The number of hydrogen-bond acceptors (Lipinski definition) is 3. The lowest BCUT2D eigenvalue weighted by molar-refractivity contribution is 0.129. The van der Waals surface area contributed by atoms with Crippen LogP contribution in [0.4, 0.5) is 0 Å². The lowest BCUT2D eigenvalue weighted by Crippen LogP contribution is -2.27. The Morgan fingerprint density at radius 1 is 1.26 bits per heavy atom. The van der Waals surface area contributed by atoms with E-state index in [0.717, 1.165) is 12.2 Å². The number of halogens is 1. The third kappa shape index (κ3) is 4.76. The number of hydrogen-bond donors (Lipinski definition) is 1. The van der Waals surface area contributed by atoms with Crippen LogP contribution < -0.4 is 4.72 Å². The Hall–Kier alpha value is -0.620.